The molecular formula is C18H23BrClNO4. The molecule has 0 fully saturated rings. The summed E-state index contributed by atoms with van der Waals surface area (Å²) in [6, 6.07) is 2.81. The van der Waals surface area contributed by atoms with Gasteiger partial charge in [-0.15, -0.1) is 0 Å². The Morgan fingerprint density at radius 1 is 1.44 bits per heavy atom. The molecule has 0 aromatic heterocycles. The van der Waals surface area contributed by atoms with E-state index < -0.39 is 11.8 Å². The van der Waals surface area contributed by atoms with E-state index in [0.29, 0.717) is 23.1 Å². The van der Waals surface area contributed by atoms with E-state index in [4.69, 9.17) is 16.3 Å². The standard InChI is InChI=1S/C18H23BrClNO4/c1-5-25-14-7-12(19)6-13(16(14)20)17(24)11(9-22)8-21-15(10-23)18(2,3)4/h6-9,15,22-23H,5,10H2,1-4H3/t15-/m1/s1. The van der Waals surface area contributed by atoms with Crippen LogP contribution in [0, 0.1) is 5.41 Å². The normalized spacial score (nSPS) is 14.0. The number of ketones is 1. The molecule has 138 valence electrons. The molecule has 1 aromatic carbocycles. The molecule has 0 heterocycles. The first kappa shape index (κ1) is 21.7. The number of ether oxygens (including phenoxy) is 1. The molecule has 0 unspecified atom stereocenters. The maximum absolute atomic E-state index is 12.7. The lowest BCUT2D eigenvalue weighted by Crippen LogP contribution is -2.28. The molecule has 0 amide bonds. The van der Waals surface area contributed by atoms with Crippen molar-refractivity contribution in [1.29, 1.82) is 0 Å². The van der Waals surface area contributed by atoms with Gasteiger partial charge < -0.3 is 14.9 Å². The highest BCUT2D eigenvalue weighted by Crippen LogP contribution is 2.33. The van der Waals surface area contributed by atoms with Gasteiger partial charge in [-0.1, -0.05) is 48.3 Å². The van der Waals surface area contributed by atoms with Crippen LogP contribution in [-0.4, -0.2) is 41.5 Å². The molecule has 1 atom stereocenters. The quantitative estimate of drug-likeness (QED) is 0.285. The van der Waals surface area contributed by atoms with Crippen LogP contribution in [0.25, 0.3) is 0 Å². The number of Topliss-reactive ketones (excluding diaryl/α,β-unsaturated/α-hetero) is 1. The Kier molecular flexibility index (Phi) is 8.12. The van der Waals surface area contributed by atoms with Crippen LogP contribution in [0.1, 0.15) is 38.1 Å². The van der Waals surface area contributed by atoms with E-state index in [1.54, 1.807) is 12.1 Å². The SMILES string of the molecule is CCOc1cc(Br)cc(C(=O)C(C=N[C@H](CO)C(C)(C)C)=CO)c1Cl. The summed E-state index contributed by atoms with van der Waals surface area (Å²) < 4.78 is 6.04. The van der Waals surface area contributed by atoms with Crippen LogP contribution in [0.4, 0.5) is 0 Å². The molecule has 0 spiro atoms. The molecule has 0 saturated carbocycles. The van der Waals surface area contributed by atoms with Gasteiger partial charge in [0.1, 0.15) is 5.75 Å². The van der Waals surface area contributed by atoms with E-state index in [-0.39, 0.29) is 28.2 Å². The van der Waals surface area contributed by atoms with Crippen molar-refractivity contribution in [3.8, 4) is 5.75 Å². The Labute approximate surface area is 161 Å². The number of aliphatic imine (C=N–C) groups is 1. The Bertz CT molecular complexity index is 680. The first-order valence-electron chi connectivity index (χ1n) is 7.80. The number of benzene rings is 1. The van der Waals surface area contributed by atoms with E-state index in [2.05, 4.69) is 20.9 Å². The zero-order valence-electron chi connectivity index (χ0n) is 14.7. The predicted octanol–water partition coefficient (Wildman–Crippen LogP) is 4.60. The number of aliphatic hydroxyl groups excluding tert-OH is 2. The van der Waals surface area contributed by atoms with E-state index in [9.17, 15) is 15.0 Å². The number of hydrogen-bond acceptors (Lipinski definition) is 5. The van der Waals surface area contributed by atoms with Crippen molar-refractivity contribution in [2.45, 2.75) is 33.7 Å². The van der Waals surface area contributed by atoms with Crippen molar-refractivity contribution in [3.05, 3.63) is 39.0 Å². The van der Waals surface area contributed by atoms with Crippen molar-refractivity contribution < 1.29 is 19.7 Å². The van der Waals surface area contributed by atoms with Crippen LogP contribution in [0.2, 0.25) is 5.02 Å². The van der Waals surface area contributed by atoms with Crippen molar-refractivity contribution >= 4 is 39.5 Å². The highest BCUT2D eigenvalue weighted by atomic mass is 79.9. The average Bonchev–Trinajstić information content (AvgIpc) is 2.53. The summed E-state index contributed by atoms with van der Waals surface area (Å²) in [5.74, 6) is -0.122. The molecule has 0 saturated heterocycles. The summed E-state index contributed by atoms with van der Waals surface area (Å²) in [5, 5.41) is 19.1. The Morgan fingerprint density at radius 3 is 2.56 bits per heavy atom. The highest BCUT2D eigenvalue weighted by Gasteiger charge is 2.24. The average molecular weight is 433 g/mol. The predicted molar refractivity (Wildman–Crippen MR) is 104 cm³/mol. The largest absolute Gasteiger partial charge is 0.515 e. The van der Waals surface area contributed by atoms with Gasteiger partial charge >= 0.3 is 0 Å². The van der Waals surface area contributed by atoms with Crippen LogP contribution in [0.5, 0.6) is 5.75 Å². The zero-order chi connectivity index (χ0) is 19.2. The Hall–Kier alpha value is -1.37. The summed E-state index contributed by atoms with van der Waals surface area (Å²) in [6.07, 6.45) is 1.94. The number of allylic oxidation sites excluding steroid dienone is 1. The highest BCUT2D eigenvalue weighted by molar-refractivity contribution is 9.10. The van der Waals surface area contributed by atoms with Gasteiger partial charge in [0, 0.05) is 16.3 Å². The van der Waals surface area contributed by atoms with Crippen molar-refractivity contribution in [2.24, 2.45) is 10.4 Å². The Balaban J connectivity index is 3.20. The van der Waals surface area contributed by atoms with Crippen LogP contribution < -0.4 is 4.74 Å². The summed E-state index contributed by atoms with van der Waals surface area (Å²) in [6.45, 7) is 7.82. The molecule has 1 aromatic rings. The fourth-order valence-electron chi connectivity index (χ4n) is 2.01. The van der Waals surface area contributed by atoms with Gasteiger partial charge in [-0.05, 0) is 24.5 Å². The van der Waals surface area contributed by atoms with E-state index in [1.165, 1.54) is 6.21 Å². The van der Waals surface area contributed by atoms with Crippen molar-refractivity contribution in [1.82, 2.24) is 0 Å². The van der Waals surface area contributed by atoms with Gasteiger partial charge in [0.25, 0.3) is 0 Å². The molecule has 0 aliphatic heterocycles. The lowest BCUT2D eigenvalue weighted by Gasteiger charge is -2.25. The van der Waals surface area contributed by atoms with Gasteiger partial charge in [-0.3, -0.25) is 9.79 Å². The van der Waals surface area contributed by atoms with Crippen LogP contribution in [0.15, 0.2) is 33.4 Å². The monoisotopic (exact) mass is 431 g/mol. The zero-order valence-corrected chi connectivity index (χ0v) is 17.1. The second-order valence-corrected chi connectivity index (χ2v) is 7.75. The van der Waals surface area contributed by atoms with E-state index in [1.807, 2.05) is 27.7 Å². The summed E-state index contributed by atoms with van der Waals surface area (Å²) in [5.41, 5.74) is -0.141. The Morgan fingerprint density at radius 2 is 2.08 bits per heavy atom. The van der Waals surface area contributed by atoms with Crippen molar-refractivity contribution in [2.75, 3.05) is 13.2 Å². The molecule has 1 rings (SSSR count). The van der Waals surface area contributed by atoms with Gasteiger partial charge in [-0.2, -0.15) is 0 Å². The van der Waals surface area contributed by atoms with Crippen molar-refractivity contribution in [3.63, 3.8) is 0 Å². The number of carbonyl (C=O) groups excluding carboxylic acids is 1. The second kappa shape index (κ2) is 9.36. The molecule has 0 aliphatic carbocycles. The number of aliphatic hydroxyl groups is 2. The molecule has 7 heteroatoms. The number of rotatable bonds is 7. The maximum atomic E-state index is 12.7. The second-order valence-electron chi connectivity index (χ2n) is 6.45. The van der Waals surface area contributed by atoms with E-state index >= 15 is 0 Å². The smallest absolute Gasteiger partial charge is 0.199 e. The third-order valence-electron chi connectivity index (χ3n) is 3.52. The molecule has 0 aliphatic rings. The summed E-state index contributed by atoms with van der Waals surface area (Å²) in [7, 11) is 0. The van der Waals surface area contributed by atoms with Gasteiger partial charge in [0.15, 0.2) is 5.78 Å². The first-order chi connectivity index (χ1) is 11.6. The molecular weight excluding hydrogens is 410 g/mol. The number of hydrogen-bond donors (Lipinski definition) is 2. The number of carbonyl (C=O) groups is 1. The van der Waals surface area contributed by atoms with Gasteiger partial charge in [0.05, 0.1) is 36.1 Å². The lowest BCUT2D eigenvalue weighted by molar-refractivity contribution is 0.103. The van der Waals surface area contributed by atoms with Crippen LogP contribution in [-0.2, 0) is 0 Å². The molecule has 2 N–H and O–H groups in total. The fourth-order valence-corrected chi connectivity index (χ4v) is 2.70. The lowest BCUT2D eigenvalue weighted by atomic mass is 9.88. The fraction of sp³-hybridized carbons (Fsp3) is 0.444. The molecule has 0 bridgehead atoms. The maximum Gasteiger partial charge on any atom is 0.199 e. The molecule has 25 heavy (non-hydrogen) atoms. The minimum absolute atomic E-state index is 0.0369. The minimum atomic E-state index is -0.496. The number of halogens is 2. The van der Waals surface area contributed by atoms with Crippen LogP contribution in [0.3, 0.4) is 0 Å². The summed E-state index contributed by atoms with van der Waals surface area (Å²) >= 11 is 9.57. The minimum Gasteiger partial charge on any atom is -0.515 e. The number of nitrogens with zero attached hydrogens (tertiary/aromatic N) is 1. The first-order valence-corrected chi connectivity index (χ1v) is 8.97. The van der Waals surface area contributed by atoms with Gasteiger partial charge in [-0.25, -0.2) is 0 Å². The third-order valence-corrected chi connectivity index (χ3v) is 4.36. The van der Waals surface area contributed by atoms with E-state index in [0.717, 1.165) is 0 Å². The third kappa shape index (κ3) is 5.83. The van der Waals surface area contributed by atoms with Crippen LogP contribution >= 0.6 is 27.5 Å². The molecule has 5 nitrogen and oxygen atoms in total. The topological polar surface area (TPSA) is 79.1 Å². The van der Waals surface area contributed by atoms with Gasteiger partial charge in [0.2, 0.25) is 0 Å². The summed E-state index contributed by atoms with van der Waals surface area (Å²) in [4.78, 5) is 16.9. The molecule has 0 radical (unpaired) electrons.